The van der Waals surface area contributed by atoms with Crippen molar-refractivity contribution in [3.05, 3.63) is 139 Å². The van der Waals surface area contributed by atoms with Gasteiger partial charge in [0.15, 0.2) is 0 Å². The summed E-state index contributed by atoms with van der Waals surface area (Å²) in [5, 5.41) is 18.7. The average molecular weight is 572 g/mol. The van der Waals surface area contributed by atoms with E-state index in [9.17, 15) is 5.11 Å². The van der Waals surface area contributed by atoms with E-state index in [1.807, 2.05) is 41.4 Å². The Morgan fingerprint density at radius 2 is 1.49 bits per heavy atom. The number of ether oxygens (including phenoxy) is 2. The summed E-state index contributed by atoms with van der Waals surface area (Å²) >= 11 is 0. The van der Waals surface area contributed by atoms with E-state index < -0.39 is 6.10 Å². The van der Waals surface area contributed by atoms with Crippen molar-refractivity contribution in [2.75, 3.05) is 26.8 Å². The Morgan fingerprint density at radius 1 is 0.814 bits per heavy atom. The number of nitrogens with one attached hydrogen (secondary N) is 1. The van der Waals surface area contributed by atoms with Gasteiger partial charge < -0.3 is 24.5 Å². The van der Waals surface area contributed by atoms with Crippen LogP contribution in [0.2, 0.25) is 0 Å². The summed E-state index contributed by atoms with van der Waals surface area (Å²) in [6, 6.07) is 36.2. The highest BCUT2D eigenvalue weighted by Gasteiger charge is 2.21. The number of methoxy groups -OCH3 is 1. The zero-order valence-electron chi connectivity index (χ0n) is 24.4. The molecule has 5 aromatic carbocycles. The van der Waals surface area contributed by atoms with Gasteiger partial charge in [0.05, 0.1) is 13.4 Å². The molecule has 43 heavy (non-hydrogen) atoms. The Hall–Kier alpha value is -4.65. The standard InChI is InChI=1S/C37H37N3O3/c1-42-31-15-11-27(12-16-31)37(36-23-29-7-2-3-8-33(29)34-9-4-5-10-35(34)36)28-13-17-32(18-14-28)43-25-30(41)24-38-19-6-21-40-22-20-39-26-40/h2-5,7-18,20,22-23,26,30,37-38,41H,6,19,21,24-25H2,1H3. The Bertz CT molecular complexity index is 1750. The first-order valence-corrected chi connectivity index (χ1v) is 14.8. The molecule has 0 bridgehead atoms. The number of aliphatic hydroxyl groups excluding tert-OH is 1. The van der Waals surface area contributed by atoms with Crippen molar-refractivity contribution < 1.29 is 14.6 Å². The quantitative estimate of drug-likeness (QED) is 0.0907. The lowest BCUT2D eigenvalue weighted by atomic mass is 9.81. The Morgan fingerprint density at radius 3 is 2.19 bits per heavy atom. The number of aromatic nitrogens is 2. The molecule has 0 saturated carbocycles. The average Bonchev–Trinajstić information content (AvgIpc) is 3.58. The molecule has 0 spiro atoms. The van der Waals surface area contributed by atoms with E-state index in [1.54, 1.807) is 13.3 Å². The van der Waals surface area contributed by atoms with Gasteiger partial charge in [0.2, 0.25) is 0 Å². The molecule has 6 nitrogen and oxygen atoms in total. The topological polar surface area (TPSA) is 68.5 Å². The normalized spacial score (nSPS) is 12.8. The minimum absolute atomic E-state index is 0.00609. The van der Waals surface area contributed by atoms with Gasteiger partial charge >= 0.3 is 0 Å². The Balaban J connectivity index is 1.20. The van der Waals surface area contributed by atoms with Crippen molar-refractivity contribution in [3.63, 3.8) is 0 Å². The van der Waals surface area contributed by atoms with Crippen molar-refractivity contribution in [2.45, 2.75) is 25.0 Å². The first kappa shape index (κ1) is 28.5. The maximum atomic E-state index is 10.5. The molecule has 0 saturated heterocycles. The lowest BCUT2D eigenvalue weighted by Gasteiger charge is -2.23. The fraction of sp³-hybridized carbons (Fsp3) is 0.216. The zero-order chi connectivity index (χ0) is 29.4. The number of rotatable bonds is 13. The molecule has 6 heteroatoms. The fourth-order valence-electron chi connectivity index (χ4n) is 5.75. The number of aryl methyl sites for hydroxylation is 1. The van der Waals surface area contributed by atoms with Crippen LogP contribution in [0, 0.1) is 0 Å². The van der Waals surface area contributed by atoms with Crippen LogP contribution >= 0.6 is 0 Å². The number of hydrogen-bond acceptors (Lipinski definition) is 5. The van der Waals surface area contributed by atoms with Crippen LogP contribution < -0.4 is 14.8 Å². The fourth-order valence-corrected chi connectivity index (χ4v) is 5.75. The Kier molecular flexibility index (Phi) is 8.97. The molecule has 6 rings (SSSR count). The molecule has 0 amide bonds. The molecule has 2 N–H and O–H groups in total. The largest absolute Gasteiger partial charge is 0.497 e. The van der Waals surface area contributed by atoms with Gasteiger partial charge in [-0.05, 0) is 81.5 Å². The van der Waals surface area contributed by atoms with Crippen LogP contribution in [0.3, 0.4) is 0 Å². The third-order valence-corrected chi connectivity index (χ3v) is 7.93. The number of benzene rings is 5. The maximum Gasteiger partial charge on any atom is 0.119 e. The van der Waals surface area contributed by atoms with Crippen molar-refractivity contribution in [1.82, 2.24) is 14.9 Å². The second kappa shape index (κ2) is 13.6. The summed E-state index contributed by atoms with van der Waals surface area (Å²) < 4.78 is 13.5. The molecule has 0 fully saturated rings. The molecule has 2 atom stereocenters. The smallest absolute Gasteiger partial charge is 0.119 e. The molecular formula is C37H37N3O3. The van der Waals surface area contributed by atoms with E-state index >= 15 is 0 Å². The second-order valence-electron chi connectivity index (χ2n) is 10.8. The van der Waals surface area contributed by atoms with E-state index in [1.165, 1.54) is 32.7 Å². The molecular weight excluding hydrogens is 534 g/mol. The molecule has 2 unspecified atom stereocenters. The van der Waals surface area contributed by atoms with E-state index in [-0.39, 0.29) is 12.5 Å². The van der Waals surface area contributed by atoms with Gasteiger partial charge in [-0.2, -0.15) is 0 Å². The van der Waals surface area contributed by atoms with Gasteiger partial charge in [0.25, 0.3) is 0 Å². The highest BCUT2D eigenvalue weighted by atomic mass is 16.5. The zero-order valence-corrected chi connectivity index (χ0v) is 24.4. The lowest BCUT2D eigenvalue weighted by Crippen LogP contribution is -2.32. The first-order valence-electron chi connectivity index (χ1n) is 14.8. The van der Waals surface area contributed by atoms with E-state index in [0.717, 1.165) is 36.6 Å². The summed E-state index contributed by atoms with van der Waals surface area (Å²) in [6.07, 6.45) is 5.93. The predicted molar refractivity (Wildman–Crippen MR) is 173 cm³/mol. The van der Waals surface area contributed by atoms with E-state index in [0.29, 0.717) is 6.54 Å². The van der Waals surface area contributed by atoms with Gasteiger partial charge in [-0.15, -0.1) is 0 Å². The molecule has 218 valence electrons. The van der Waals surface area contributed by atoms with Crippen LogP contribution in [-0.4, -0.2) is 47.6 Å². The molecule has 0 aliphatic rings. The van der Waals surface area contributed by atoms with Crippen LogP contribution in [0.15, 0.2) is 122 Å². The third kappa shape index (κ3) is 6.72. The van der Waals surface area contributed by atoms with Gasteiger partial charge in [-0.1, -0.05) is 72.8 Å². The summed E-state index contributed by atoms with van der Waals surface area (Å²) in [6.45, 7) is 2.43. The first-order chi connectivity index (χ1) is 21.2. The van der Waals surface area contributed by atoms with Crippen LogP contribution in [0.5, 0.6) is 11.5 Å². The summed E-state index contributed by atoms with van der Waals surface area (Å²) in [5.41, 5.74) is 3.60. The highest BCUT2D eigenvalue weighted by Crippen LogP contribution is 2.40. The predicted octanol–water partition coefficient (Wildman–Crippen LogP) is 6.80. The Labute approximate surface area is 252 Å². The minimum atomic E-state index is -0.594. The SMILES string of the molecule is COc1ccc(C(c2ccc(OCC(O)CNCCCn3ccnc3)cc2)c2cc3ccccc3c3ccccc23)cc1. The van der Waals surface area contributed by atoms with E-state index in [2.05, 4.69) is 89.2 Å². The summed E-state index contributed by atoms with van der Waals surface area (Å²) in [4.78, 5) is 4.06. The van der Waals surface area contributed by atoms with Crippen molar-refractivity contribution in [1.29, 1.82) is 0 Å². The van der Waals surface area contributed by atoms with Gasteiger partial charge in [-0.25, -0.2) is 4.98 Å². The van der Waals surface area contributed by atoms with Gasteiger partial charge in [0.1, 0.15) is 24.2 Å². The van der Waals surface area contributed by atoms with E-state index in [4.69, 9.17) is 9.47 Å². The van der Waals surface area contributed by atoms with Crippen molar-refractivity contribution in [2.24, 2.45) is 0 Å². The van der Waals surface area contributed by atoms with Crippen molar-refractivity contribution in [3.8, 4) is 11.5 Å². The minimum Gasteiger partial charge on any atom is -0.497 e. The molecule has 1 aromatic heterocycles. The summed E-state index contributed by atoms with van der Waals surface area (Å²) in [5.74, 6) is 1.58. The highest BCUT2D eigenvalue weighted by molar-refractivity contribution is 6.09. The molecule has 6 aromatic rings. The number of imidazole rings is 1. The number of nitrogens with zero attached hydrogens (tertiary/aromatic N) is 2. The molecule has 0 aliphatic heterocycles. The monoisotopic (exact) mass is 571 g/mol. The number of hydrogen-bond donors (Lipinski definition) is 2. The molecule has 0 radical (unpaired) electrons. The van der Waals surface area contributed by atoms with Crippen molar-refractivity contribution >= 4 is 21.5 Å². The van der Waals surface area contributed by atoms with Crippen LogP contribution in [0.1, 0.15) is 29.0 Å². The van der Waals surface area contributed by atoms with Crippen LogP contribution in [-0.2, 0) is 6.54 Å². The maximum absolute atomic E-state index is 10.5. The number of aliphatic hydroxyl groups is 1. The van der Waals surface area contributed by atoms with Crippen LogP contribution in [0.25, 0.3) is 21.5 Å². The number of fused-ring (bicyclic) bond motifs is 3. The molecule has 1 heterocycles. The van der Waals surface area contributed by atoms with Crippen LogP contribution in [0.4, 0.5) is 0 Å². The summed E-state index contributed by atoms with van der Waals surface area (Å²) in [7, 11) is 1.69. The third-order valence-electron chi connectivity index (χ3n) is 7.93. The molecule has 0 aliphatic carbocycles. The van der Waals surface area contributed by atoms with Gasteiger partial charge in [0, 0.05) is 31.4 Å². The second-order valence-corrected chi connectivity index (χ2v) is 10.8. The van der Waals surface area contributed by atoms with Gasteiger partial charge in [-0.3, -0.25) is 0 Å². The lowest BCUT2D eigenvalue weighted by molar-refractivity contribution is 0.106.